The zero-order valence-corrected chi connectivity index (χ0v) is 16.4. The third-order valence-electron chi connectivity index (χ3n) is 4.40. The molecule has 26 heavy (non-hydrogen) atoms. The van der Waals surface area contributed by atoms with E-state index in [-0.39, 0.29) is 5.97 Å². The number of rotatable bonds is 7. The standard InChI is InChI=1S/C20H24O5S/c1-5-6-9-24-19-14-11-16(23-4)15(22-3)10-13(14)18(25-20(19)21)17-8-7-12(2)26-17/h7-8,10-11,18-19H,5-6,9H2,1-4H3. The van der Waals surface area contributed by atoms with Gasteiger partial charge in [-0.1, -0.05) is 13.3 Å². The summed E-state index contributed by atoms with van der Waals surface area (Å²) < 4.78 is 22.5. The monoisotopic (exact) mass is 376 g/mol. The molecule has 6 heteroatoms. The van der Waals surface area contributed by atoms with Gasteiger partial charge in [-0.15, -0.1) is 11.3 Å². The number of carbonyl (C=O) groups is 1. The van der Waals surface area contributed by atoms with Crippen molar-refractivity contribution in [3.05, 3.63) is 45.1 Å². The zero-order chi connectivity index (χ0) is 18.7. The molecule has 0 radical (unpaired) electrons. The number of hydrogen-bond donors (Lipinski definition) is 0. The van der Waals surface area contributed by atoms with E-state index >= 15 is 0 Å². The minimum Gasteiger partial charge on any atom is -0.493 e. The molecule has 1 aliphatic rings. The van der Waals surface area contributed by atoms with Gasteiger partial charge in [0.05, 0.1) is 14.2 Å². The first kappa shape index (κ1) is 18.7. The number of carbonyl (C=O) groups excluding carboxylic acids is 1. The third-order valence-corrected chi connectivity index (χ3v) is 5.45. The highest BCUT2D eigenvalue weighted by Crippen LogP contribution is 2.45. The summed E-state index contributed by atoms with van der Waals surface area (Å²) in [6.07, 6.45) is 0.688. The van der Waals surface area contributed by atoms with E-state index in [2.05, 4.69) is 6.92 Å². The molecule has 1 aromatic carbocycles. The number of unbranched alkanes of at least 4 members (excludes halogenated alkanes) is 1. The van der Waals surface area contributed by atoms with E-state index in [9.17, 15) is 4.79 Å². The van der Waals surface area contributed by atoms with Crippen LogP contribution in [0.2, 0.25) is 0 Å². The van der Waals surface area contributed by atoms with E-state index in [1.165, 1.54) is 4.88 Å². The lowest BCUT2D eigenvalue weighted by Crippen LogP contribution is -2.29. The molecule has 0 N–H and O–H groups in total. The van der Waals surface area contributed by atoms with Gasteiger partial charge in [0.25, 0.3) is 0 Å². The number of benzene rings is 1. The maximum atomic E-state index is 12.7. The van der Waals surface area contributed by atoms with E-state index in [1.54, 1.807) is 25.6 Å². The lowest BCUT2D eigenvalue weighted by molar-refractivity contribution is -0.165. The van der Waals surface area contributed by atoms with Gasteiger partial charge in [-0.05, 0) is 37.6 Å². The minimum absolute atomic E-state index is 0.364. The average molecular weight is 376 g/mol. The highest BCUT2D eigenvalue weighted by molar-refractivity contribution is 7.12. The van der Waals surface area contributed by atoms with Crippen LogP contribution in [0.1, 0.15) is 52.9 Å². The highest BCUT2D eigenvalue weighted by Gasteiger charge is 2.38. The molecule has 3 rings (SSSR count). The fraction of sp³-hybridized carbons (Fsp3) is 0.450. The summed E-state index contributed by atoms with van der Waals surface area (Å²) in [7, 11) is 3.18. The molecule has 5 nitrogen and oxygen atoms in total. The Morgan fingerprint density at radius 2 is 1.81 bits per heavy atom. The van der Waals surface area contributed by atoms with Crippen LogP contribution in [-0.4, -0.2) is 26.8 Å². The second-order valence-corrected chi connectivity index (χ2v) is 7.53. The third kappa shape index (κ3) is 3.57. The minimum atomic E-state index is -0.742. The molecular weight excluding hydrogens is 352 g/mol. The molecule has 0 saturated carbocycles. The van der Waals surface area contributed by atoms with Crippen molar-refractivity contribution in [2.24, 2.45) is 0 Å². The van der Waals surface area contributed by atoms with E-state index in [0.717, 1.165) is 28.8 Å². The van der Waals surface area contributed by atoms with Crippen molar-refractivity contribution in [1.29, 1.82) is 0 Å². The van der Waals surface area contributed by atoms with Gasteiger partial charge in [-0.25, -0.2) is 4.79 Å². The topological polar surface area (TPSA) is 54.0 Å². The Balaban J connectivity index is 2.07. The van der Waals surface area contributed by atoms with Gasteiger partial charge in [0, 0.05) is 27.5 Å². The number of cyclic esters (lactones) is 1. The molecule has 1 aromatic heterocycles. The molecule has 2 aromatic rings. The SMILES string of the molecule is CCCCOC1C(=O)OC(c2ccc(C)s2)c2cc(OC)c(OC)cc21. The van der Waals surface area contributed by atoms with Crippen molar-refractivity contribution >= 4 is 17.3 Å². The maximum absolute atomic E-state index is 12.7. The first-order chi connectivity index (χ1) is 12.6. The Morgan fingerprint density at radius 3 is 2.38 bits per heavy atom. The summed E-state index contributed by atoms with van der Waals surface area (Å²) in [5.74, 6) is 0.817. The van der Waals surface area contributed by atoms with Crippen LogP contribution in [0.3, 0.4) is 0 Å². The van der Waals surface area contributed by atoms with E-state index < -0.39 is 12.2 Å². The summed E-state index contributed by atoms with van der Waals surface area (Å²) in [6.45, 7) is 4.62. The summed E-state index contributed by atoms with van der Waals surface area (Å²) in [6, 6.07) is 7.74. The van der Waals surface area contributed by atoms with Crippen LogP contribution in [0, 0.1) is 6.92 Å². The maximum Gasteiger partial charge on any atom is 0.340 e. The zero-order valence-electron chi connectivity index (χ0n) is 15.5. The molecule has 0 saturated heterocycles. The van der Waals surface area contributed by atoms with Crippen LogP contribution in [0.25, 0.3) is 0 Å². The van der Waals surface area contributed by atoms with Crippen LogP contribution < -0.4 is 9.47 Å². The molecule has 0 spiro atoms. The molecule has 2 heterocycles. The van der Waals surface area contributed by atoms with Gasteiger partial charge in [0.2, 0.25) is 0 Å². The predicted octanol–water partition coefficient (Wildman–Crippen LogP) is 4.58. The summed E-state index contributed by atoms with van der Waals surface area (Å²) >= 11 is 1.62. The molecule has 2 atom stereocenters. The van der Waals surface area contributed by atoms with Crippen LogP contribution in [0.5, 0.6) is 11.5 Å². The van der Waals surface area contributed by atoms with Crippen molar-refractivity contribution < 1.29 is 23.7 Å². The van der Waals surface area contributed by atoms with Gasteiger partial charge in [0.15, 0.2) is 23.7 Å². The molecular formula is C20H24O5S. The number of methoxy groups -OCH3 is 2. The summed E-state index contributed by atoms with van der Waals surface area (Å²) in [5.41, 5.74) is 1.66. The number of esters is 1. The normalized spacial score (nSPS) is 19.0. The van der Waals surface area contributed by atoms with Crippen LogP contribution >= 0.6 is 11.3 Å². The van der Waals surface area contributed by atoms with Gasteiger partial charge >= 0.3 is 5.97 Å². The average Bonchev–Trinajstić information content (AvgIpc) is 3.08. The molecule has 0 aliphatic carbocycles. The van der Waals surface area contributed by atoms with E-state index in [1.807, 2.05) is 31.2 Å². The second kappa shape index (κ2) is 8.10. The fourth-order valence-electron chi connectivity index (χ4n) is 3.04. The Labute approximate surface area is 157 Å². The molecule has 0 fully saturated rings. The largest absolute Gasteiger partial charge is 0.493 e. The van der Waals surface area contributed by atoms with Crippen molar-refractivity contribution in [3.8, 4) is 11.5 Å². The first-order valence-corrected chi connectivity index (χ1v) is 9.55. The fourth-order valence-corrected chi connectivity index (χ4v) is 3.97. The van der Waals surface area contributed by atoms with Gasteiger partial charge in [0.1, 0.15) is 0 Å². The second-order valence-electron chi connectivity index (χ2n) is 6.21. The van der Waals surface area contributed by atoms with Crippen molar-refractivity contribution in [2.45, 2.75) is 38.9 Å². The number of hydrogen-bond acceptors (Lipinski definition) is 6. The first-order valence-electron chi connectivity index (χ1n) is 8.73. The Hall–Kier alpha value is -2.05. The summed E-state index contributed by atoms with van der Waals surface area (Å²) in [5, 5.41) is 0. The Bertz CT molecular complexity index is 783. The van der Waals surface area contributed by atoms with E-state index in [0.29, 0.717) is 18.1 Å². The molecule has 2 unspecified atom stereocenters. The lowest BCUT2D eigenvalue weighted by atomic mass is 9.93. The quantitative estimate of drug-likeness (QED) is 0.523. The Kier molecular flexibility index (Phi) is 5.84. The van der Waals surface area contributed by atoms with Crippen molar-refractivity contribution in [1.82, 2.24) is 0 Å². The Morgan fingerprint density at radius 1 is 1.12 bits per heavy atom. The molecule has 0 amide bonds. The van der Waals surface area contributed by atoms with Crippen molar-refractivity contribution in [2.75, 3.05) is 20.8 Å². The number of ether oxygens (including phenoxy) is 4. The highest BCUT2D eigenvalue weighted by atomic mass is 32.1. The van der Waals surface area contributed by atoms with Crippen LogP contribution in [0.15, 0.2) is 24.3 Å². The predicted molar refractivity (Wildman–Crippen MR) is 100 cm³/mol. The van der Waals surface area contributed by atoms with E-state index in [4.69, 9.17) is 18.9 Å². The molecule has 140 valence electrons. The lowest BCUT2D eigenvalue weighted by Gasteiger charge is -2.31. The van der Waals surface area contributed by atoms with Gasteiger partial charge in [-0.3, -0.25) is 0 Å². The van der Waals surface area contributed by atoms with Gasteiger partial charge in [-0.2, -0.15) is 0 Å². The number of fused-ring (bicyclic) bond motifs is 1. The van der Waals surface area contributed by atoms with Crippen LogP contribution in [0.4, 0.5) is 0 Å². The van der Waals surface area contributed by atoms with Crippen LogP contribution in [-0.2, 0) is 14.3 Å². The van der Waals surface area contributed by atoms with Gasteiger partial charge < -0.3 is 18.9 Å². The number of thiophene rings is 1. The molecule has 0 bridgehead atoms. The van der Waals surface area contributed by atoms with Crippen molar-refractivity contribution in [3.63, 3.8) is 0 Å². The summed E-state index contributed by atoms with van der Waals surface area (Å²) in [4.78, 5) is 14.8. The smallest absolute Gasteiger partial charge is 0.340 e. The number of aryl methyl sites for hydroxylation is 1. The molecule has 1 aliphatic heterocycles.